The van der Waals surface area contributed by atoms with Gasteiger partial charge in [-0.2, -0.15) is 0 Å². The molecule has 1 aromatic heterocycles. The first-order valence-electron chi connectivity index (χ1n) is 8.27. The fraction of sp³-hybridized carbons (Fsp3) is 0.588. The first-order chi connectivity index (χ1) is 12.7. The maximum atomic E-state index is 12.4. The number of anilines is 1. The highest BCUT2D eigenvalue weighted by molar-refractivity contribution is 7.18. The zero-order valence-electron chi connectivity index (χ0n) is 16.4. The van der Waals surface area contributed by atoms with Gasteiger partial charge in [0.05, 0.1) is 19.3 Å². The van der Waals surface area contributed by atoms with Crippen LogP contribution in [0.15, 0.2) is 0 Å². The van der Waals surface area contributed by atoms with E-state index in [0.717, 1.165) is 11.3 Å². The molecule has 1 atom stereocenters. The number of hydrogen-bond donors (Lipinski definition) is 2. The van der Waals surface area contributed by atoms with Gasteiger partial charge in [-0.25, -0.2) is 9.59 Å². The number of halogens is 3. The number of esters is 2. The molecule has 1 unspecified atom stereocenters. The van der Waals surface area contributed by atoms with Crippen LogP contribution in [0.1, 0.15) is 53.3 Å². The van der Waals surface area contributed by atoms with Crippen LogP contribution in [-0.4, -0.2) is 41.5 Å². The molecule has 1 rings (SSSR count). The normalized spacial score (nSPS) is 12.9. The lowest BCUT2D eigenvalue weighted by molar-refractivity contribution is -0.129. The van der Waals surface area contributed by atoms with E-state index in [1.165, 1.54) is 7.11 Å². The highest BCUT2D eigenvalue weighted by Gasteiger charge is 2.38. The van der Waals surface area contributed by atoms with Crippen LogP contribution in [0.25, 0.3) is 0 Å². The monoisotopic (exact) mass is 472 g/mol. The van der Waals surface area contributed by atoms with Crippen molar-refractivity contribution in [2.24, 2.45) is 5.41 Å². The van der Waals surface area contributed by atoms with Crippen LogP contribution < -0.4 is 10.6 Å². The molecule has 0 aromatic carbocycles. The van der Waals surface area contributed by atoms with Crippen molar-refractivity contribution in [3.63, 3.8) is 0 Å². The molecular weight excluding hydrogens is 451 g/mol. The van der Waals surface area contributed by atoms with Crippen LogP contribution in [0.4, 0.5) is 5.00 Å². The lowest BCUT2D eigenvalue weighted by atomic mass is 9.95. The Morgan fingerprint density at radius 1 is 1.14 bits per heavy atom. The molecule has 28 heavy (non-hydrogen) atoms. The summed E-state index contributed by atoms with van der Waals surface area (Å²) in [6, 6.07) is 0. The lowest BCUT2D eigenvalue weighted by Crippen LogP contribution is -2.52. The molecule has 0 bridgehead atoms. The lowest BCUT2D eigenvalue weighted by Gasteiger charge is -2.30. The summed E-state index contributed by atoms with van der Waals surface area (Å²) in [7, 11) is 1.23. The first kappa shape index (κ1) is 24.8. The second kappa shape index (κ2) is 9.52. The van der Waals surface area contributed by atoms with E-state index >= 15 is 0 Å². The van der Waals surface area contributed by atoms with E-state index in [1.54, 1.807) is 34.6 Å². The molecule has 0 radical (unpaired) electrons. The van der Waals surface area contributed by atoms with Crippen molar-refractivity contribution < 1.29 is 23.9 Å². The minimum atomic E-state index is -1.95. The van der Waals surface area contributed by atoms with E-state index in [4.69, 9.17) is 44.3 Å². The molecule has 0 aliphatic carbocycles. The van der Waals surface area contributed by atoms with Crippen LogP contribution in [-0.2, 0) is 14.3 Å². The summed E-state index contributed by atoms with van der Waals surface area (Å²) >= 11 is 19.0. The van der Waals surface area contributed by atoms with Crippen molar-refractivity contribution in [1.82, 2.24) is 5.32 Å². The van der Waals surface area contributed by atoms with Crippen molar-refractivity contribution >= 4 is 69.0 Å². The first-order valence-corrected chi connectivity index (χ1v) is 10.2. The topological polar surface area (TPSA) is 93.7 Å². The molecule has 0 saturated heterocycles. The summed E-state index contributed by atoms with van der Waals surface area (Å²) in [5.74, 6) is -1.65. The van der Waals surface area contributed by atoms with Crippen molar-refractivity contribution in [3.8, 4) is 0 Å². The largest absolute Gasteiger partial charge is 0.465 e. The summed E-state index contributed by atoms with van der Waals surface area (Å²) < 4.78 is 7.87. The Kier molecular flexibility index (Phi) is 8.44. The van der Waals surface area contributed by atoms with Crippen LogP contribution in [0.3, 0.4) is 0 Å². The van der Waals surface area contributed by atoms with Crippen molar-refractivity contribution in [2.75, 3.05) is 19.0 Å². The number of hydrogen-bond acceptors (Lipinski definition) is 7. The summed E-state index contributed by atoms with van der Waals surface area (Å²) in [5.41, 5.74) is -0.276. The Hall–Kier alpha value is -1.22. The van der Waals surface area contributed by atoms with E-state index < -0.39 is 27.3 Å². The number of nitrogens with one attached hydrogen (secondary N) is 2. The minimum absolute atomic E-state index is 0.108. The number of thiophene rings is 1. The number of alkyl halides is 3. The van der Waals surface area contributed by atoms with Gasteiger partial charge in [0.25, 0.3) is 0 Å². The average Bonchev–Trinajstić information content (AvgIpc) is 2.88. The van der Waals surface area contributed by atoms with Crippen LogP contribution in [0.5, 0.6) is 0 Å². The van der Waals surface area contributed by atoms with Gasteiger partial charge in [0.2, 0.25) is 9.70 Å². The minimum Gasteiger partial charge on any atom is -0.465 e. The summed E-state index contributed by atoms with van der Waals surface area (Å²) in [6.07, 6.45) is -1.18. The number of ether oxygens (including phenoxy) is 2. The zero-order valence-corrected chi connectivity index (χ0v) is 19.5. The number of rotatable bonds is 6. The van der Waals surface area contributed by atoms with Gasteiger partial charge >= 0.3 is 11.9 Å². The fourth-order valence-electron chi connectivity index (χ4n) is 2.03. The van der Waals surface area contributed by atoms with Gasteiger partial charge in [-0.3, -0.25) is 4.79 Å². The van der Waals surface area contributed by atoms with Gasteiger partial charge < -0.3 is 20.1 Å². The van der Waals surface area contributed by atoms with Gasteiger partial charge in [-0.05, 0) is 19.4 Å². The van der Waals surface area contributed by atoms with E-state index in [1.807, 2.05) is 0 Å². The highest BCUT2D eigenvalue weighted by Crippen LogP contribution is 2.38. The summed E-state index contributed by atoms with van der Waals surface area (Å²) in [4.78, 5) is 37.0. The van der Waals surface area contributed by atoms with Gasteiger partial charge in [0.15, 0.2) is 0 Å². The Balaban J connectivity index is 3.39. The molecule has 1 aromatic rings. The number of methoxy groups -OCH3 is 1. The third-order valence-corrected chi connectivity index (χ3v) is 5.41. The van der Waals surface area contributed by atoms with E-state index in [0.29, 0.717) is 5.56 Å². The Morgan fingerprint density at radius 2 is 1.71 bits per heavy atom. The van der Waals surface area contributed by atoms with Crippen molar-refractivity contribution in [3.05, 3.63) is 16.0 Å². The van der Waals surface area contributed by atoms with Crippen LogP contribution >= 0.6 is 46.1 Å². The second-order valence-corrected chi connectivity index (χ2v) is 10.2. The van der Waals surface area contributed by atoms with Crippen LogP contribution in [0, 0.1) is 12.3 Å². The van der Waals surface area contributed by atoms with E-state index in [2.05, 4.69) is 10.6 Å². The van der Waals surface area contributed by atoms with Gasteiger partial charge in [-0.1, -0.05) is 55.6 Å². The Bertz CT molecular complexity index is 753. The smallest absolute Gasteiger partial charge is 0.348 e. The SMILES string of the molecule is CCOC(=O)c1c(NC(NC(=O)C(C)(C)C)C(Cl)(Cl)Cl)sc(C(=O)OC)c1C. The third kappa shape index (κ3) is 6.14. The van der Waals surface area contributed by atoms with Gasteiger partial charge in [-0.15, -0.1) is 11.3 Å². The predicted octanol–water partition coefficient (Wildman–Crippen LogP) is 4.29. The molecule has 1 heterocycles. The molecule has 0 aliphatic heterocycles. The molecule has 2 N–H and O–H groups in total. The number of carbonyl (C=O) groups excluding carboxylic acids is 3. The third-order valence-electron chi connectivity index (χ3n) is 3.56. The number of amides is 1. The van der Waals surface area contributed by atoms with Crippen LogP contribution in [0.2, 0.25) is 0 Å². The molecule has 7 nitrogen and oxygen atoms in total. The second-order valence-electron chi connectivity index (χ2n) is 6.81. The Labute approximate surface area is 183 Å². The zero-order chi connectivity index (χ0) is 21.9. The molecule has 0 aliphatic rings. The molecular formula is C17H23Cl3N2O5S. The summed E-state index contributed by atoms with van der Waals surface area (Å²) in [5, 5.41) is 5.67. The fourth-order valence-corrected chi connectivity index (χ4v) is 3.50. The molecule has 11 heteroatoms. The van der Waals surface area contributed by atoms with Gasteiger partial charge in [0, 0.05) is 5.41 Å². The average molecular weight is 474 g/mol. The van der Waals surface area contributed by atoms with Gasteiger partial charge in [0.1, 0.15) is 16.0 Å². The van der Waals surface area contributed by atoms with E-state index in [9.17, 15) is 14.4 Å². The highest BCUT2D eigenvalue weighted by atomic mass is 35.6. The molecule has 0 saturated carbocycles. The number of carbonyl (C=O) groups is 3. The maximum Gasteiger partial charge on any atom is 0.348 e. The molecule has 158 valence electrons. The van der Waals surface area contributed by atoms with Crippen molar-refractivity contribution in [1.29, 1.82) is 0 Å². The van der Waals surface area contributed by atoms with E-state index in [-0.39, 0.29) is 28.0 Å². The van der Waals surface area contributed by atoms with Crippen molar-refractivity contribution in [2.45, 2.75) is 44.6 Å². The molecule has 0 fully saturated rings. The standard InChI is InChI=1S/C17H23Cl3N2O5S/c1-7-27-12(23)9-8(2)10(13(24)26-6)28-11(9)21-14(17(18,19)20)22-15(25)16(3,4)5/h14,21H,7H2,1-6H3,(H,22,25). The maximum absolute atomic E-state index is 12.4. The quantitative estimate of drug-likeness (QED) is 0.364. The summed E-state index contributed by atoms with van der Waals surface area (Å²) in [6.45, 7) is 8.47. The molecule has 1 amide bonds. The predicted molar refractivity (Wildman–Crippen MR) is 112 cm³/mol. The Morgan fingerprint density at radius 3 is 2.14 bits per heavy atom. The molecule has 0 spiro atoms.